The Labute approximate surface area is 75.1 Å². The zero-order valence-electron chi connectivity index (χ0n) is 6.34. The standard InChI is InChI=1S/C10H9Br/c1-7-5-6-9-8(7)3-2-4-10(9)11/h2-7H,1H3. The molecule has 11 heavy (non-hydrogen) atoms. The summed E-state index contributed by atoms with van der Waals surface area (Å²) in [5.74, 6) is 0.586. The molecule has 0 aliphatic heterocycles. The predicted octanol–water partition coefficient (Wildman–Crippen LogP) is 3.58. The monoisotopic (exact) mass is 208 g/mol. The Morgan fingerprint density at radius 3 is 2.91 bits per heavy atom. The van der Waals surface area contributed by atoms with E-state index in [4.69, 9.17) is 0 Å². The van der Waals surface area contributed by atoms with Crippen LogP contribution in [-0.4, -0.2) is 0 Å². The molecule has 1 aliphatic carbocycles. The third kappa shape index (κ3) is 1.04. The highest BCUT2D eigenvalue weighted by Crippen LogP contribution is 2.33. The molecule has 0 radical (unpaired) electrons. The highest BCUT2D eigenvalue weighted by Gasteiger charge is 2.13. The fraction of sp³-hybridized carbons (Fsp3) is 0.200. The Balaban J connectivity index is 2.65. The van der Waals surface area contributed by atoms with Crippen LogP contribution in [0.5, 0.6) is 0 Å². The van der Waals surface area contributed by atoms with E-state index < -0.39 is 0 Å². The first-order chi connectivity index (χ1) is 5.29. The van der Waals surface area contributed by atoms with E-state index in [-0.39, 0.29) is 0 Å². The van der Waals surface area contributed by atoms with Crippen molar-refractivity contribution in [1.29, 1.82) is 0 Å². The Kier molecular flexibility index (Phi) is 1.61. The summed E-state index contributed by atoms with van der Waals surface area (Å²) in [6.07, 6.45) is 4.42. The van der Waals surface area contributed by atoms with E-state index in [9.17, 15) is 0 Å². The zero-order chi connectivity index (χ0) is 7.84. The maximum Gasteiger partial charge on any atom is 0.0250 e. The molecule has 0 amide bonds. The summed E-state index contributed by atoms with van der Waals surface area (Å²) >= 11 is 3.52. The smallest absolute Gasteiger partial charge is 0.0250 e. The van der Waals surface area contributed by atoms with Crippen LogP contribution in [0.3, 0.4) is 0 Å². The number of fused-ring (bicyclic) bond motifs is 1. The number of hydrogen-bond donors (Lipinski definition) is 0. The molecule has 56 valence electrons. The molecule has 0 spiro atoms. The minimum absolute atomic E-state index is 0.586. The first-order valence-corrected chi connectivity index (χ1v) is 4.55. The van der Waals surface area contributed by atoms with Crippen LogP contribution in [0.2, 0.25) is 0 Å². The van der Waals surface area contributed by atoms with Crippen LogP contribution in [0.4, 0.5) is 0 Å². The van der Waals surface area contributed by atoms with Crippen LogP contribution in [0, 0.1) is 0 Å². The van der Waals surface area contributed by atoms with Crippen LogP contribution in [0.1, 0.15) is 24.0 Å². The summed E-state index contributed by atoms with van der Waals surface area (Å²) < 4.78 is 1.20. The minimum atomic E-state index is 0.586. The first-order valence-electron chi connectivity index (χ1n) is 3.75. The molecule has 0 saturated carbocycles. The highest BCUT2D eigenvalue weighted by atomic mass is 79.9. The molecular weight excluding hydrogens is 200 g/mol. The van der Waals surface area contributed by atoms with E-state index >= 15 is 0 Å². The summed E-state index contributed by atoms with van der Waals surface area (Å²) in [5, 5.41) is 0. The van der Waals surface area contributed by atoms with Gasteiger partial charge >= 0.3 is 0 Å². The van der Waals surface area contributed by atoms with Gasteiger partial charge in [-0.05, 0) is 23.1 Å². The number of allylic oxidation sites excluding steroid dienone is 1. The van der Waals surface area contributed by atoms with Crippen LogP contribution in [0.15, 0.2) is 28.7 Å². The Hall–Kier alpha value is -0.560. The highest BCUT2D eigenvalue weighted by molar-refractivity contribution is 9.10. The van der Waals surface area contributed by atoms with E-state index in [1.54, 1.807) is 0 Å². The summed E-state index contributed by atoms with van der Waals surface area (Å²) in [6, 6.07) is 6.36. The molecule has 1 atom stereocenters. The lowest BCUT2D eigenvalue weighted by Gasteiger charge is -2.04. The van der Waals surface area contributed by atoms with Crippen molar-refractivity contribution < 1.29 is 0 Å². The zero-order valence-corrected chi connectivity index (χ0v) is 7.93. The quantitative estimate of drug-likeness (QED) is 0.612. The summed E-state index contributed by atoms with van der Waals surface area (Å²) in [7, 11) is 0. The maximum atomic E-state index is 3.52. The van der Waals surface area contributed by atoms with Crippen molar-refractivity contribution in [2.24, 2.45) is 0 Å². The third-order valence-corrected chi connectivity index (χ3v) is 2.82. The summed E-state index contributed by atoms with van der Waals surface area (Å²) in [4.78, 5) is 0. The molecule has 0 bridgehead atoms. The van der Waals surface area contributed by atoms with E-state index in [2.05, 4.69) is 53.2 Å². The molecule has 0 nitrogen and oxygen atoms in total. The van der Waals surface area contributed by atoms with Gasteiger partial charge in [-0.15, -0.1) is 0 Å². The Bertz CT molecular complexity index is 313. The lowest BCUT2D eigenvalue weighted by Crippen LogP contribution is -1.86. The maximum absolute atomic E-state index is 3.52. The molecule has 0 heterocycles. The second-order valence-corrected chi connectivity index (χ2v) is 3.74. The van der Waals surface area contributed by atoms with E-state index in [1.807, 2.05) is 0 Å². The van der Waals surface area contributed by atoms with Gasteiger partial charge in [-0.2, -0.15) is 0 Å². The fourth-order valence-electron chi connectivity index (χ4n) is 1.47. The molecule has 1 aliphatic rings. The molecule has 1 aromatic rings. The second-order valence-electron chi connectivity index (χ2n) is 2.89. The van der Waals surface area contributed by atoms with E-state index in [0.29, 0.717) is 5.92 Å². The molecule has 0 fully saturated rings. The van der Waals surface area contributed by atoms with Gasteiger partial charge in [-0.3, -0.25) is 0 Å². The SMILES string of the molecule is CC1C=Cc2c(Br)cccc21. The molecule has 2 rings (SSSR count). The van der Waals surface area contributed by atoms with Gasteiger partial charge in [0.2, 0.25) is 0 Å². The predicted molar refractivity (Wildman–Crippen MR) is 51.6 cm³/mol. The summed E-state index contributed by atoms with van der Waals surface area (Å²) in [6.45, 7) is 2.22. The number of halogens is 1. The van der Waals surface area contributed by atoms with Crippen molar-refractivity contribution >= 4 is 22.0 Å². The van der Waals surface area contributed by atoms with Gasteiger partial charge in [0.15, 0.2) is 0 Å². The fourth-order valence-corrected chi connectivity index (χ4v) is 1.98. The molecule has 1 heteroatoms. The molecule has 0 saturated heterocycles. The van der Waals surface area contributed by atoms with Crippen molar-refractivity contribution in [3.63, 3.8) is 0 Å². The van der Waals surface area contributed by atoms with Crippen molar-refractivity contribution in [3.05, 3.63) is 39.9 Å². The van der Waals surface area contributed by atoms with E-state index in [0.717, 1.165) is 0 Å². The van der Waals surface area contributed by atoms with Gasteiger partial charge in [0, 0.05) is 4.47 Å². The van der Waals surface area contributed by atoms with Gasteiger partial charge < -0.3 is 0 Å². The lowest BCUT2D eigenvalue weighted by atomic mass is 10.0. The van der Waals surface area contributed by atoms with Gasteiger partial charge in [0.1, 0.15) is 0 Å². The average molecular weight is 209 g/mol. The van der Waals surface area contributed by atoms with Crippen molar-refractivity contribution in [3.8, 4) is 0 Å². The first kappa shape index (κ1) is 7.11. The lowest BCUT2D eigenvalue weighted by molar-refractivity contribution is 0.989. The van der Waals surface area contributed by atoms with Crippen LogP contribution in [0.25, 0.3) is 6.08 Å². The minimum Gasteiger partial charge on any atom is -0.0766 e. The topological polar surface area (TPSA) is 0 Å². The Morgan fingerprint density at radius 1 is 1.36 bits per heavy atom. The molecule has 0 N–H and O–H groups in total. The third-order valence-electron chi connectivity index (χ3n) is 2.13. The van der Waals surface area contributed by atoms with Crippen LogP contribution >= 0.6 is 15.9 Å². The number of rotatable bonds is 0. The summed E-state index contributed by atoms with van der Waals surface area (Å²) in [5.41, 5.74) is 2.78. The van der Waals surface area contributed by atoms with Crippen LogP contribution < -0.4 is 0 Å². The Morgan fingerprint density at radius 2 is 2.18 bits per heavy atom. The van der Waals surface area contributed by atoms with Gasteiger partial charge in [-0.1, -0.05) is 47.1 Å². The normalized spacial score (nSPS) is 20.4. The molecule has 1 aromatic carbocycles. The van der Waals surface area contributed by atoms with Gasteiger partial charge in [0.05, 0.1) is 0 Å². The van der Waals surface area contributed by atoms with Crippen molar-refractivity contribution in [2.75, 3.05) is 0 Å². The second kappa shape index (κ2) is 2.49. The number of benzene rings is 1. The van der Waals surface area contributed by atoms with E-state index in [1.165, 1.54) is 15.6 Å². The van der Waals surface area contributed by atoms with Gasteiger partial charge in [-0.25, -0.2) is 0 Å². The largest absolute Gasteiger partial charge is 0.0766 e. The molecule has 1 unspecified atom stereocenters. The average Bonchev–Trinajstić information content (AvgIpc) is 2.35. The molecule has 0 aromatic heterocycles. The van der Waals surface area contributed by atoms with Crippen molar-refractivity contribution in [2.45, 2.75) is 12.8 Å². The van der Waals surface area contributed by atoms with Crippen LogP contribution in [-0.2, 0) is 0 Å². The number of hydrogen-bond acceptors (Lipinski definition) is 0. The van der Waals surface area contributed by atoms with Gasteiger partial charge in [0.25, 0.3) is 0 Å². The molecular formula is C10H9Br. The van der Waals surface area contributed by atoms with Crippen molar-refractivity contribution in [1.82, 2.24) is 0 Å².